The topological polar surface area (TPSA) is 17.3 Å². The van der Waals surface area contributed by atoms with E-state index < -0.39 is 0 Å². The predicted octanol–water partition coefficient (Wildman–Crippen LogP) is 4.59. The van der Waals surface area contributed by atoms with Crippen LogP contribution in [0.15, 0.2) is 44.9 Å². The van der Waals surface area contributed by atoms with Gasteiger partial charge >= 0.3 is 0 Å². The lowest BCUT2D eigenvalue weighted by Gasteiger charge is -1.92. The molecule has 0 aliphatic rings. The van der Waals surface area contributed by atoms with Gasteiger partial charge in [0.15, 0.2) is 5.65 Å². The van der Waals surface area contributed by atoms with Gasteiger partial charge in [0.25, 0.3) is 0 Å². The molecule has 0 saturated carbocycles. The van der Waals surface area contributed by atoms with Crippen molar-refractivity contribution in [3.05, 3.63) is 44.9 Å². The second kappa shape index (κ2) is 3.98. The minimum Gasteiger partial charge on any atom is -0.305 e. The monoisotopic (exact) mass is 356 g/mol. The molecular weight excluding hydrogens is 352 g/mol. The standard InChI is InChI=1S/C11H6Br2N2S/c12-7-4-10(16-6-7)9-5-15-3-1-2-8(13)11(15)14-9/h1-6H. The second-order valence-electron chi connectivity index (χ2n) is 3.34. The molecule has 0 N–H and O–H groups in total. The van der Waals surface area contributed by atoms with Crippen LogP contribution in [0.3, 0.4) is 0 Å². The first kappa shape index (κ1) is 10.5. The Morgan fingerprint density at radius 1 is 1.31 bits per heavy atom. The van der Waals surface area contributed by atoms with E-state index in [9.17, 15) is 0 Å². The fourth-order valence-electron chi connectivity index (χ4n) is 1.54. The molecule has 0 saturated heterocycles. The molecule has 0 fully saturated rings. The number of imidazole rings is 1. The maximum absolute atomic E-state index is 4.60. The lowest BCUT2D eigenvalue weighted by atomic mass is 10.4. The third-order valence-electron chi connectivity index (χ3n) is 2.26. The van der Waals surface area contributed by atoms with Crippen LogP contribution in [-0.2, 0) is 0 Å². The fourth-order valence-corrected chi connectivity index (χ4v) is 3.37. The third-order valence-corrected chi connectivity index (χ3v) is 4.59. The fraction of sp³-hybridized carbons (Fsp3) is 0. The summed E-state index contributed by atoms with van der Waals surface area (Å²) in [5.74, 6) is 0. The SMILES string of the molecule is Brc1csc(-c2cn3cccc(Br)c3n2)c1. The van der Waals surface area contributed by atoms with Gasteiger partial charge in [-0.1, -0.05) is 0 Å². The van der Waals surface area contributed by atoms with E-state index in [0.29, 0.717) is 0 Å². The summed E-state index contributed by atoms with van der Waals surface area (Å²) in [7, 11) is 0. The van der Waals surface area contributed by atoms with E-state index in [4.69, 9.17) is 0 Å². The molecule has 3 aromatic heterocycles. The molecule has 2 nitrogen and oxygen atoms in total. The molecule has 0 unspecified atom stereocenters. The molecule has 0 aromatic carbocycles. The van der Waals surface area contributed by atoms with Gasteiger partial charge in [0.05, 0.1) is 15.0 Å². The molecule has 0 aliphatic heterocycles. The summed E-state index contributed by atoms with van der Waals surface area (Å²) in [5, 5.41) is 2.06. The van der Waals surface area contributed by atoms with Crippen LogP contribution in [0.5, 0.6) is 0 Å². The molecule has 3 rings (SSSR count). The number of hydrogen-bond acceptors (Lipinski definition) is 2. The van der Waals surface area contributed by atoms with E-state index in [1.807, 2.05) is 28.9 Å². The molecule has 3 aromatic rings. The normalized spacial score (nSPS) is 11.1. The summed E-state index contributed by atoms with van der Waals surface area (Å²) in [6.07, 6.45) is 4.04. The Bertz CT molecular complexity index is 657. The van der Waals surface area contributed by atoms with Crippen molar-refractivity contribution in [1.29, 1.82) is 0 Å². The van der Waals surface area contributed by atoms with Gasteiger partial charge in [0.2, 0.25) is 0 Å². The number of aromatic nitrogens is 2. The van der Waals surface area contributed by atoms with Gasteiger partial charge < -0.3 is 4.40 Å². The van der Waals surface area contributed by atoms with Crippen molar-refractivity contribution in [2.45, 2.75) is 0 Å². The molecule has 0 atom stereocenters. The van der Waals surface area contributed by atoms with Gasteiger partial charge in [-0.2, -0.15) is 0 Å². The van der Waals surface area contributed by atoms with Crippen molar-refractivity contribution in [1.82, 2.24) is 9.38 Å². The summed E-state index contributed by atoms with van der Waals surface area (Å²) in [4.78, 5) is 5.77. The lowest BCUT2D eigenvalue weighted by Crippen LogP contribution is -1.80. The number of fused-ring (bicyclic) bond motifs is 1. The molecule has 0 amide bonds. The molecule has 16 heavy (non-hydrogen) atoms. The summed E-state index contributed by atoms with van der Waals surface area (Å²) in [6.45, 7) is 0. The quantitative estimate of drug-likeness (QED) is 0.622. The smallest absolute Gasteiger partial charge is 0.151 e. The van der Waals surface area contributed by atoms with Gasteiger partial charge in [0, 0.05) is 22.2 Å². The van der Waals surface area contributed by atoms with Crippen molar-refractivity contribution in [3.63, 3.8) is 0 Å². The van der Waals surface area contributed by atoms with Gasteiger partial charge in [0.1, 0.15) is 0 Å². The molecule has 3 heterocycles. The molecule has 0 radical (unpaired) electrons. The van der Waals surface area contributed by atoms with Crippen LogP contribution >= 0.6 is 43.2 Å². The van der Waals surface area contributed by atoms with Gasteiger partial charge in [-0.15, -0.1) is 11.3 Å². The van der Waals surface area contributed by atoms with Crippen LogP contribution in [0, 0.1) is 0 Å². The van der Waals surface area contributed by atoms with E-state index >= 15 is 0 Å². The zero-order valence-corrected chi connectivity index (χ0v) is 12.0. The summed E-state index contributed by atoms with van der Waals surface area (Å²) >= 11 is 8.64. The van der Waals surface area contributed by atoms with Gasteiger partial charge in [-0.25, -0.2) is 4.98 Å². The minimum atomic E-state index is 0.946. The number of rotatable bonds is 1. The van der Waals surface area contributed by atoms with Crippen molar-refractivity contribution < 1.29 is 0 Å². The maximum atomic E-state index is 4.60. The Kier molecular flexibility index (Phi) is 2.61. The Morgan fingerprint density at radius 2 is 2.19 bits per heavy atom. The molecule has 0 aliphatic carbocycles. The first-order valence-electron chi connectivity index (χ1n) is 4.62. The molecular formula is C11H6Br2N2S. The highest BCUT2D eigenvalue weighted by Crippen LogP contribution is 2.30. The van der Waals surface area contributed by atoms with E-state index in [-0.39, 0.29) is 0 Å². The summed E-state index contributed by atoms with van der Waals surface area (Å²) in [6, 6.07) is 6.07. The van der Waals surface area contributed by atoms with E-state index in [0.717, 1.165) is 20.3 Å². The van der Waals surface area contributed by atoms with Crippen molar-refractivity contribution in [2.24, 2.45) is 0 Å². The van der Waals surface area contributed by atoms with Crippen molar-refractivity contribution in [2.75, 3.05) is 0 Å². The highest BCUT2D eigenvalue weighted by molar-refractivity contribution is 9.11. The third kappa shape index (κ3) is 1.73. The van der Waals surface area contributed by atoms with Crippen LogP contribution in [0.4, 0.5) is 0 Å². The lowest BCUT2D eigenvalue weighted by molar-refractivity contribution is 1.18. The highest BCUT2D eigenvalue weighted by Gasteiger charge is 2.08. The van der Waals surface area contributed by atoms with E-state index in [1.54, 1.807) is 11.3 Å². The van der Waals surface area contributed by atoms with Gasteiger partial charge in [-0.05, 0) is 50.1 Å². The second-order valence-corrected chi connectivity index (χ2v) is 6.02. The first-order chi connectivity index (χ1) is 7.74. The van der Waals surface area contributed by atoms with Crippen LogP contribution in [0.25, 0.3) is 16.2 Å². The summed E-state index contributed by atoms with van der Waals surface area (Å²) < 4.78 is 4.13. The number of hydrogen-bond donors (Lipinski definition) is 0. The van der Waals surface area contributed by atoms with E-state index in [2.05, 4.69) is 48.3 Å². The Hall–Kier alpha value is -0.650. The van der Waals surface area contributed by atoms with Crippen LogP contribution < -0.4 is 0 Å². The zero-order chi connectivity index (χ0) is 11.1. The Morgan fingerprint density at radius 3 is 2.88 bits per heavy atom. The molecule has 0 spiro atoms. The maximum Gasteiger partial charge on any atom is 0.151 e. The Labute approximate surface area is 113 Å². The van der Waals surface area contributed by atoms with E-state index in [1.165, 1.54) is 4.88 Å². The van der Waals surface area contributed by atoms with Crippen molar-refractivity contribution in [3.8, 4) is 10.6 Å². The summed E-state index contributed by atoms with van der Waals surface area (Å²) in [5.41, 5.74) is 1.95. The van der Waals surface area contributed by atoms with Crippen LogP contribution in [-0.4, -0.2) is 9.38 Å². The number of pyridine rings is 1. The molecule has 0 bridgehead atoms. The minimum absolute atomic E-state index is 0.946. The number of halogens is 2. The van der Waals surface area contributed by atoms with Crippen molar-refractivity contribution >= 4 is 48.8 Å². The molecule has 80 valence electrons. The van der Waals surface area contributed by atoms with Crippen LogP contribution in [0.2, 0.25) is 0 Å². The largest absolute Gasteiger partial charge is 0.305 e. The number of nitrogens with zero attached hydrogens (tertiary/aromatic N) is 2. The molecule has 5 heteroatoms. The predicted molar refractivity (Wildman–Crippen MR) is 73.9 cm³/mol. The zero-order valence-electron chi connectivity index (χ0n) is 8.02. The Balaban J connectivity index is 2.22. The average Bonchev–Trinajstić information content (AvgIpc) is 2.84. The average molecular weight is 358 g/mol. The first-order valence-corrected chi connectivity index (χ1v) is 7.08. The highest BCUT2D eigenvalue weighted by atomic mass is 79.9. The number of thiophene rings is 1. The van der Waals surface area contributed by atoms with Crippen LogP contribution in [0.1, 0.15) is 0 Å². The van der Waals surface area contributed by atoms with Gasteiger partial charge in [-0.3, -0.25) is 0 Å².